The number of aryl methyl sites for hydroxylation is 2. The van der Waals surface area contributed by atoms with Crippen LogP contribution in [0, 0.1) is 6.92 Å². The zero-order valence-corrected chi connectivity index (χ0v) is 26.4. The highest BCUT2D eigenvalue weighted by Gasteiger charge is 2.12. The Labute approximate surface area is 276 Å². The van der Waals surface area contributed by atoms with Gasteiger partial charge in [-0.1, -0.05) is 53.2 Å². The van der Waals surface area contributed by atoms with E-state index >= 15 is 0 Å². The lowest BCUT2D eigenvalue weighted by Gasteiger charge is -2.09. The van der Waals surface area contributed by atoms with Crippen molar-refractivity contribution in [1.29, 1.82) is 0 Å². The number of hydrogen-bond acceptors (Lipinski definition) is 8. The fourth-order valence-electron chi connectivity index (χ4n) is 5.55. The third-order valence-corrected chi connectivity index (χ3v) is 8.06. The van der Waals surface area contributed by atoms with Gasteiger partial charge in [-0.15, -0.1) is 5.10 Å². The second kappa shape index (κ2) is 13.8. The molecule has 7 rings (SSSR count). The van der Waals surface area contributed by atoms with Crippen molar-refractivity contribution in [3.05, 3.63) is 141 Å². The van der Waals surface area contributed by atoms with Crippen molar-refractivity contribution in [1.82, 2.24) is 15.0 Å². The second-order valence-corrected chi connectivity index (χ2v) is 11.6. The van der Waals surface area contributed by atoms with Crippen LogP contribution in [-0.2, 0) is 13.0 Å². The minimum absolute atomic E-state index is 0.0569. The predicted octanol–water partition coefficient (Wildman–Crippen LogP) is 7.61. The summed E-state index contributed by atoms with van der Waals surface area (Å²) in [5.74, 6) is 2.29. The first kappa shape index (κ1) is 30.7. The van der Waals surface area contributed by atoms with Crippen LogP contribution in [0.25, 0.3) is 44.6 Å². The average molecular weight is 640 g/mol. The van der Waals surface area contributed by atoms with Crippen molar-refractivity contribution in [3.8, 4) is 34.1 Å². The largest absolute Gasteiger partial charge is 0.494 e. The molecule has 4 aromatic carbocycles. The number of aromatic nitrogens is 3. The van der Waals surface area contributed by atoms with Crippen molar-refractivity contribution in [2.75, 3.05) is 13.2 Å². The summed E-state index contributed by atoms with van der Waals surface area (Å²) >= 11 is 0. The van der Waals surface area contributed by atoms with Crippen LogP contribution in [0.1, 0.15) is 24.1 Å². The van der Waals surface area contributed by atoms with Crippen LogP contribution in [0.15, 0.2) is 128 Å². The maximum absolute atomic E-state index is 12.8. The molecule has 7 aromatic rings. The zero-order chi connectivity index (χ0) is 32.9. The van der Waals surface area contributed by atoms with Crippen LogP contribution in [0.2, 0.25) is 0 Å². The Kier molecular flexibility index (Phi) is 8.82. The quantitative estimate of drug-likeness (QED) is 0.126. The minimum atomic E-state index is -0.118. The van der Waals surface area contributed by atoms with E-state index in [4.69, 9.17) is 18.3 Å². The molecule has 0 N–H and O–H groups in total. The molecule has 9 nitrogen and oxygen atoms in total. The molecule has 48 heavy (non-hydrogen) atoms. The van der Waals surface area contributed by atoms with Gasteiger partial charge in [-0.05, 0) is 74.7 Å². The molecule has 0 unspecified atom stereocenters. The summed E-state index contributed by atoms with van der Waals surface area (Å²) in [7, 11) is 0. The molecule has 0 aliphatic carbocycles. The van der Waals surface area contributed by atoms with E-state index in [0.717, 1.165) is 47.4 Å². The number of rotatable bonds is 12. The van der Waals surface area contributed by atoms with Gasteiger partial charge in [-0.2, -0.15) is 0 Å². The molecule has 9 heteroatoms. The molecule has 0 fully saturated rings. The van der Waals surface area contributed by atoms with Crippen LogP contribution >= 0.6 is 0 Å². The lowest BCUT2D eigenvalue weighted by molar-refractivity contribution is 0.289. The number of hydrogen-bond donors (Lipinski definition) is 0. The number of benzene rings is 4. The molecule has 240 valence electrons. The van der Waals surface area contributed by atoms with Gasteiger partial charge in [-0.3, -0.25) is 9.59 Å². The van der Waals surface area contributed by atoms with Crippen molar-refractivity contribution in [2.24, 2.45) is 0 Å². The SMILES string of the molecule is Cc1ccc2oc(-c3ccc(OCCCCc4cn(CCOc5cccc6c(=O)cc(-c7ccccc7)oc56)nn4)cc3)cc(=O)c2c1. The number of ether oxygens (including phenoxy) is 2. The highest BCUT2D eigenvalue weighted by atomic mass is 16.5. The lowest BCUT2D eigenvalue weighted by atomic mass is 10.1. The summed E-state index contributed by atoms with van der Waals surface area (Å²) in [6, 6.07) is 31.1. The Morgan fingerprint density at radius 1 is 0.708 bits per heavy atom. The van der Waals surface area contributed by atoms with Crippen LogP contribution in [-0.4, -0.2) is 28.2 Å². The third kappa shape index (κ3) is 6.90. The van der Waals surface area contributed by atoms with Gasteiger partial charge in [-0.25, -0.2) is 4.68 Å². The normalized spacial score (nSPS) is 11.3. The minimum Gasteiger partial charge on any atom is -0.494 e. The van der Waals surface area contributed by atoms with Crippen molar-refractivity contribution >= 4 is 21.9 Å². The number of unbranched alkanes of at least 4 members (excludes halogenated alkanes) is 1. The molecule has 0 aliphatic heterocycles. The molecule has 0 saturated heterocycles. The maximum Gasteiger partial charge on any atom is 0.193 e. The van der Waals surface area contributed by atoms with E-state index in [-0.39, 0.29) is 10.9 Å². The summed E-state index contributed by atoms with van der Waals surface area (Å²) in [6.45, 7) is 3.35. The van der Waals surface area contributed by atoms with Gasteiger partial charge in [0.15, 0.2) is 22.2 Å². The topological polar surface area (TPSA) is 110 Å². The molecule has 0 atom stereocenters. The van der Waals surface area contributed by atoms with Gasteiger partial charge in [0.25, 0.3) is 0 Å². The first-order valence-electron chi connectivity index (χ1n) is 15.9. The summed E-state index contributed by atoms with van der Waals surface area (Å²) in [5.41, 5.74) is 4.39. The molecular formula is C39H33N3O6. The van der Waals surface area contributed by atoms with Crippen molar-refractivity contribution < 1.29 is 18.3 Å². The van der Waals surface area contributed by atoms with Gasteiger partial charge >= 0.3 is 0 Å². The van der Waals surface area contributed by atoms with Gasteiger partial charge < -0.3 is 18.3 Å². The van der Waals surface area contributed by atoms with E-state index in [1.807, 2.05) is 85.9 Å². The van der Waals surface area contributed by atoms with Crippen LogP contribution in [0.3, 0.4) is 0 Å². The molecule has 0 spiro atoms. The van der Waals surface area contributed by atoms with E-state index in [0.29, 0.717) is 59.0 Å². The van der Waals surface area contributed by atoms with Crippen LogP contribution in [0.5, 0.6) is 11.5 Å². The van der Waals surface area contributed by atoms with Gasteiger partial charge in [0, 0.05) is 29.5 Å². The molecule has 3 heterocycles. The van der Waals surface area contributed by atoms with Gasteiger partial charge in [0.05, 0.1) is 29.6 Å². The van der Waals surface area contributed by atoms with E-state index in [1.54, 1.807) is 22.9 Å². The first-order valence-corrected chi connectivity index (χ1v) is 15.9. The second-order valence-electron chi connectivity index (χ2n) is 11.6. The Balaban J connectivity index is 0.874. The molecule has 3 aromatic heterocycles. The summed E-state index contributed by atoms with van der Waals surface area (Å²) in [4.78, 5) is 25.4. The maximum atomic E-state index is 12.8. The molecule has 0 aliphatic rings. The zero-order valence-electron chi connectivity index (χ0n) is 26.4. The summed E-state index contributed by atoms with van der Waals surface area (Å²) in [5, 5.41) is 9.60. The Morgan fingerprint density at radius 3 is 2.31 bits per heavy atom. The van der Waals surface area contributed by atoms with E-state index in [2.05, 4.69) is 10.3 Å². The molecular weight excluding hydrogens is 606 g/mol. The van der Waals surface area contributed by atoms with Gasteiger partial charge in [0.2, 0.25) is 0 Å². The Hall–Kier alpha value is -5.96. The van der Waals surface area contributed by atoms with E-state index in [9.17, 15) is 9.59 Å². The monoisotopic (exact) mass is 639 g/mol. The summed E-state index contributed by atoms with van der Waals surface area (Å²) in [6.07, 6.45) is 4.45. The summed E-state index contributed by atoms with van der Waals surface area (Å²) < 4.78 is 25.8. The van der Waals surface area contributed by atoms with Crippen LogP contribution < -0.4 is 20.3 Å². The fourth-order valence-corrected chi connectivity index (χ4v) is 5.55. The number of para-hydroxylation sites is 1. The predicted molar refractivity (Wildman–Crippen MR) is 185 cm³/mol. The lowest BCUT2D eigenvalue weighted by Crippen LogP contribution is -2.09. The highest BCUT2D eigenvalue weighted by molar-refractivity contribution is 5.84. The number of fused-ring (bicyclic) bond motifs is 2. The van der Waals surface area contributed by atoms with Crippen molar-refractivity contribution in [2.45, 2.75) is 32.7 Å². The smallest absolute Gasteiger partial charge is 0.193 e. The fraction of sp³-hybridized carbons (Fsp3) is 0.179. The average Bonchev–Trinajstić information content (AvgIpc) is 3.56. The van der Waals surface area contributed by atoms with Crippen molar-refractivity contribution in [3.63, 3.8) is 0 Å². The van der Waals surface area contributed by atoms with Gasteiger partial charge in [0.1, 0.15) is 29.5 Å². The van der Waals surface area contributed by atoms with E-state index in [1.165, 1.54) is 12.1 Å². The Bertz CT molecular complexity index is 2310. The van der Waals surface area contributed by atoms with E-state index < -0.39 is 0 Å². The van der Waals surface area contributed by atoms with Crippen LogP contribution in [0.4, 0.5) is 0 Å². The molecule has 0 bridgehead atoms. The number of nitrogens with zero attached hydrogens (tertiary/aromatic N) is 3. The molecule has 0 radical (unpaired) electrons. The Morgan fingerprint density at radius 2 is 1.48 bits per heavy atom. The molecule has 0 amide bonds. The highest BCUT2D eigenvalue weighted by Crippen LogP contribution is 2.29. The third-order valence-electron chi connectivity index (χ3n) is 8.06. The first-order chi connectivity index (χ1) is 23.5. The molecule has 0 saturated carbocycles. The standard InChI is InChI=1S/C39H33N3O6/c1-26-13-18-35-32(22-26)34(44)24-37(47-35)28-14-16-30(17-15-28)45-20-6-5-10-29-25-42(41-40-29)19-21-46-36-12-7-11-31-33(43)23-38(48-39(31)36)27-8-3-2-4-9-27/h2-4,7-9,11-18,22-25H,5-6,10,19-21H2,1H3.